The van der Waals surface area contributed by atoms with Crippen LogP contribution in [0.5, 0.6) is 11.5 Å². The lowest BCUT2D eigenvalue weighted by Gasteiger charge is -2.26. The van der Waals surface area contributed by atoms with Gasteiger partial charge in [-0.2, -0.15) is 5.10 Å². The normalized spacial score (nSPS) is 18.0. The topological polar surface area (TPSA) is 123 Å². The number of aliphatic hydroxyl groups excluding tert-OH is 1. The number of nitrogens with one attached hydrogen (secondary N) is 2. The van der Waals surface area contributed by atoms with Crippen LogP contribution >= 0.6 is 0 Å². The summed E-state index contributed by atoms with van der Waals surface area (Å²) in [4.78, 5) is 21.5. The molecule has 0 saturated heterocycles. The summed E-state index contributed by atoms with van der Waals surface area (Å²) in [7, 11) is 3.08. The molecule has 204 valence electrons. The molecular weight excluding hydrogens is 510 g/mol. The smallest absolute Gasteiger partial charge is 0.413 e. The number of rotatable bonds is 7. The summed E-state index contributed by atoms with van der Waals surface area (Å²) in [6.45, 7) is 0. The lowest BCUT2D eigenvalue weighted by Crippen LogP contribution is -2.31. The van der Waals surface area contributed by atoms with Gasteiger partial charge < -0.3 is 25.2 Å². The average Bonchev–Trinajstić information content (AvgIpc) is 3.34. The minimum Gasteiger partial charge on any atom is -0.494 e. The fourth-order valence-electron chi connectivity index (χ4n) is 4.66. The van der Waals surface area contributed by atoms with Crippen molar-refractivity contribution in [2.45, 2.75) is 43.9 Å². The second-order valence-electron chi connectivity index (χ2n) is 9.49. The number of anilines is 1. The Morgan fingerprint density at radius 2 is 1.90 bits per heavy atom. The Hall–Kier alpha value is -4.32. The van der Waals surface area contributed by atoms with E-state index in [1.807, 2.05) is 0 Å². The van der Waals surface area contributed by atoms with E-state index in [1.54, 1.807) is 30.2 Å². The molecule has 2 heterocycles. The zero-order valence-electron chi connectivity index (χ0n) is 21.4. The zero-order chi connectivity index (χ0) is 27.5. The number of aryl methyl sites for hydroxylation is 1. The summed E-state index contributed by atoms with van der Waals surface area (Å²) in [5.74, 6) is -0.917. The van der Waals surface area contributed by atoms with Crippen molar-refractivity contribution in [3.8, 4) is 11.5 Å². The molecule has 0 spiro atoms. The Balaban J connectivity index is 1.35. The van der Waals surface area contributed by atoms with Gasteiger partial charge in [0.25, 0.3) is 0 Å². The summed E-state index contributed by atoms with van der Waals surface area (Å²) in [6.07, 6.45) is 6.36. The molecule has 2 aromatic carbocycles. The minimum absolute atomic E-state index is 0.0613. The number of carbonyl (C=O) groups is 1. The van der Waals surface area contributed by atoms with Crippen molar-refractivity contribution in [3.63, 3.8) is 0 Å². The molecule has 4 aromatic rings. The Bertz CT molecular complexity index is 1490. The average molecular weight is 539 g/mol. The van der Waals surface area contributed by atoms with Gasteiger partial charge in [-0.05, 0) is 43.4 Å². The van der Waals surface area contributed by atoms with Gasteiger partial charge in [0.2, 0.25) is 5.95 Å². The minimum atomic E-state index is -0.882. The van der Waals surface area contributed by atoms with Gasteiger partial charge in [-0.1, -0.05) is 6.07 Å². The highest BCUT2D eigenvalue weighted by atomic mass is 19.1. The Labute approximate surface area is 223 Å². The van der Waals surface area contributed by atoms with Gasteiger partial charge in [0.05, 0.1) is 36.4 Å². The molecule has 1 amide bonds. The Morgan fingerprint density at radius 1 is 1.10 bits per heavy atom. The van der Waals surface area contributed by atoms with Crippen LogP contribution in [-0.2, 0) is 7.05 Å². The van der Waals surface area contributed by atoms with E-state index < -0.39 is 23.8 Å². The van der Waals surface area contributed by atoms with E-state index in [0.29, 0.717) is 29.9 Å². The molecule has 39 heavy (non-hydrogen) atoms. The number of halogens is 2. The second kappa shape index (κ2) is 11.2. The molecule has 3 N–H and O–H groups in total. The van der Waals surface area contributed by atoms with Crippen molar-refractivity contribution in [2.24, 2.45) is 7.05 Å². The number of methoxy groups -OCH3 is 1. The Kier molecular flexibility index (Phi) is 7.55. The van der Waals surface area contributed by atoms with Gasteiger partial charge in [0.1, 0.15) is 11.6 Å². The summed E-state index contributed by atoms with van der Waals surface area (Å²) in [5.41, 5.74) is 1.27. The first kappa shape index (κ1) is 26.3. The number of carbonyl (C=O) groups excluding carboxylic acids is 1. The van der Waals surface area contributed by atoms with Gasteiger partial charge in [0.15, 0.2) is 11.6 Å². The van der Waals surface area contributed by atoms with Crippen molar-refractivity contribution in [3.05, 3.63) is 71.7 Å². The van der Waals surface area contributed by atoms with Crippen LogP contribution in [0.25, 0.3) is 10.9 Å². The van der Waals surface area contributed by atoms with Crippen molar-refractivity contribution in [1.29, 1.82) is 0 Å². The molecule has 2 aromatic heterocycles. The van der Waals surface area contributed by atoms with Crippen molar-refractivity contribution in [1.82, 2.24) is 25.1 Å². The lowest BCUT2D eigenvalue weighted by atomic mass is 9.93. The molecule has 0 radical (unpaired) electrons. The highest BCUT2D eigenvalue weighted by Crippen LogP contribution is 2.28. The number of amides is 1. The van der Waals surface area contributed by atoms with Crippen molar-refractivity contribution in [2.75, 3.05) is 12.4 Å². The predicted octanol–water partition coefficient (Wildman–Crippen LogP) is 4.24. The standard InChI is InChI=1S/C27H28F2N6O4/c1-35-14-16(12-31-35)25(15-3-8-24(38-2)22(29)9-15)34-27(37)39-19-10-21(28)20-13-30-26(33-23(20)11-19)32-17-4-6-18(36)7-5-17/h3,8-14,17-18,25,36H,4-7H2,1-2H3,(H,34,37)(H,30,32,33)/t17-,18-,25-/m0/s1. The van der Waals surface area contributed by atoms with Crippen LogP contribution < -0.4 is 20.1 Å². The fraction of sp³-hybridized carbons (Fsp3) is 0.333. The summed E-state index contributed by atoms with van der Waals surface area (Å²) >= 11 is 0. The van der Waals surface area contributed by atoms with E-state index >= 15 is 0 Å². The van der Waals surface area contributed by atoms with E-state index in [1.165, 1.54) is 31.5 Å². The highest BCUT2D eigenvalue weighted by Gasteiger charge is 2.23. The molecule has 1 atom stereocenters. The number of fused-ring (bicyclic) bond motifs is 1. The third kappa shape index (κ3) is 6.06. The molecule has 1 aliphatic rings. The third-order valence-electron chi connectivity index (χ3n) is 6.69. The van der Waals surface area contributed by atoms with Gasteiger partial charge in [-0.3, -0.25) is 4.68 Å². The van der Waals surface area contributed by atoms with Crippen LogP contribution in [0.3, 0.4) is 0 Å². The first-order valence-electron chi connectivity index (χ1n) is 12.5. The van der Waals surface area contributed by atoms with Crippen molar-refractivity contribution >= 4 is 22.9 Å². The predicted molar refractivity (Wildman–Crippen MR) is 139 cm³/mol. The molecule has 1 aliphatic carbocycles. The molecule has 10 nitrogen and oxygen atoms in total. The summed E-state index contributed by atoms with van der Waals surface area (Å²) in [5, 5.41) is 20.0. The number of aliphatic hydroxyl groups is 1. The van der Waals surface area contributed by atoms with Gasteiger partial charge in [-0.15, -0.1) is 0 Å². The first-order valence-corrected chi connectivity index (χ1v) is 12.5. The quantitative estimate of drug-likeness (QED) is 0.319. The maximum atomic E-state index is 14.8. The number of hydrogen-bond acceptors (Lipinski definition) is 8. The third-order valence-corrected chi connectivity index (χ3v) is 6.69. The van der Waals surface area contributed by atoms with E-state index in [0.717, 1.165) is 18.9 Å². The molecule has 5 rings (SSSR count). The van der Waals surface area contributed by atoms with E-state index in [2.05, 4.69) is 25.7 Å². The monoisotopic (exact) mass is 538 g/mol. The highest BCUT2D eigenvalue weighted by molar-refractivity contribution is 5.82. The van der Waals surface area contributed by atoms with Gasteiger partial charge in [0, 0.05) is 43.2 Å². The SMILES string of the molecule is COc1ccc([C@H](NC(=O)Oc2cc(F)c3cnc(N[C@H]4CC[C@H](O)CC4)nc3c2)c2cnn(C)c2)cc1F. The molecule has 0 bridgehead atoms. The Morgan fingerprint density at radius 3 is 2.59 bits per heavy atom. The maximum Gasteiger partial charge on any atom is 0.413 e. The van der Waals surface area contributed by atoms with Crippen LogP contribution in [0.4, 0.5) is 19.5 Å². The largest absolute Gasteiger partial charge is 0.494 e. The lowest BCUT2D eigenvalue weighted by molar-refractivity contribution is 0.126. The number of aromatic nitrogens is 4. The molecular formula is C27H28F2N6O4. The van der Waals surface area contributed by atoms with Gasteiger partial charge >= 0.3 is 6.09 Å². The second-order valence-corrected chi connectivity index (χ2v) is 9.49. The van der Waals surface area contributed by atoms with Crippen LogP contribution in [-0.4, -0.2) is 50.2 Å². The number of hydrogen-bond donors (Lipinski definition) is 3. The van der Waals surface area contributed by atoms with Gasteiger partial charge in [-0.25, -0.2) is 23.5 Å². The molecule has 0 aliphatic heterocycles. The zero-order valence-corrected chi connectivity index (χ0v) is 21.4. The maximum absolute atomic E-state index is 14.8. The van der Waals surface area contributed by atoms with Crippen molar-refractivity contribution < 1.29 is 28.2 Å². The molecule has 12 heteroatoms. The van der Waals surface area contributed by atoms with E-state index in [4.69, 9.17) is 9.47 Å². The number of ether oxygens (including phenoxy) is 2. The molecule has 1 saturated carbocycles. The van der Waals surface area contributed by atoms with E-state index in [-0.39, 0.29) is 34.5 Å². The van der Waals surface area contributed by atoms with E-state index in [9.17, 15) is 18.7 Å². The molecule has 1 fully saturated rings. The summed E-state index contributed by atoms with van der Waals surface area (Å²) in [6, 6.07) is 6.16. The molecule has 0 unspecified atom stereocenters. The van der Waals surface area contributed by atoms with Crippen LogP contribution in [0, 0.1) is 11.6 Å². The fourth-order valence-corrected chi connectivity index (χ4v) is 4.66. The first-order chi connectivity index (χ1) is 18.8. The summed E-state index contributed by atoms with van der Waals surface area (Å²) < 4.78 is 41.2. The van der Waals surface area contributed by atoms with Crippen LogP contribution in [0.1, 0.15) is 42.9 Å². The van der Waals surface area contributed by atoms with Crippen LogP contribution in [0.2, 0.25) is 0 Å². The number of benzene rings is 2. The van der Waals surface area contributed by atoms with Crippen LogP contribution in [0.15, 0.2) is 48.9 Å². The number of nitrogens with zero attached hydrogens (tertiary/aromatic N) is 4.